The molecule has 1 aliphatic rings. The monoisotopic (exact) mass is 455 g/mol. The van der Waals surface area contributed by atoms with E-state index in [0.717, 1.165) is 16.7 Å². The first-order valence-electron chi connectivity index (χ1n) is 10.7. The van der Waals surface area contributed by atoms with Crippen LogP contribution in [0.25, 0.3) is 11.1 Å². The zero-order valence-electron chi connectivity index (χ0n) is 18.4. The summed E-state index contributed by atoms with van der Waals surface area (Å²) in [6, 6.07) is 19.8. The number of ether oxygens (including phenoxy) is 2. The number of carboxylic acid groups (broad SMARTS) is 1. The van der Waals surface area contributed by atoms with E-state index < -0.39 is 12.0 Å². The number of aliphatic carboxylic acids is 1. The normalized spacial score (nSPS) is 14.9. The topological polar surface area (TPSA) is 109 Å². The highest BCUT2D eigenvalue weighted by Crippen LogP contribution is 2.40. The van der Waals surface area contributed by atoms with Crippen molar-refractivity contribution >= 4 is 23.1 Å². The summed E-state index contributed by atoms with van der Waals surface area (Å²) in [6.07, 6.45) is 0.189. The zero-order valence-corrected chi connectivity index (χ0v) is 18.4. The third-order valence-electron chi connectivity index (χ3n) is 5.92. The van der Waals surface area contributed by atoms with Crippen molar-refractivity contribution in [3.63, 3.8) is 0 Å². The third kappa shape index (κ3) is 3.88. The van der Waals surface area contributed by atoms with Gasteiger partial charge in [0.15, 0.2) is 17.1 Å². The van der Waals surface area contributed by atoms with Crippen molar-refractivity contribution < 1.29 is 23.8 Å². The van der Waals surface area contributed by atoms with Crippen LogP contribution in [0.1, 0.15) is 22.3 Å². The lowest BCUT2D eigenvalue weighted by atomic mass is 9.93. The molecule has 4 aromatic rings. The second-order valence-corrected chi connectivity index (χ2v) is 7.99. The number of carboxylic acids is 1. The predicted molar refractivity (Wildman–Crippen MR) is 124 cm³/mol. The van der Waals surface area contributed by atoms with Crippen LogP contribution in [0.3, 0.4) is 0 Å². The standard InChI is InChI=1S/C26H21N3O5/c1-32-22-10-8-18-14-29(26-28-20-9-7-17(13-27)11-23(20)34-26)21(25(30)31)12-19(18)24(22)33-15-16-5-3-2-4-6-16/h2-11,21H,12,14-15H2,1H3,(H,30,31). The average molecular weight is 455 g/mol. The molecular weight excluding hydrogens is 434 g/mol. The van der Waals surface area contributed by atoms with Crippen LogP contribution in [0.4, 0.5) is 6.01 Å². The molecule has 2 heterocycles. The van der Waals surface area contributed by atoms with Gasteiger partial charge in [0.05, 0.1) is 18.7 Å². The van der Waals surface area contributed by atoms with Gasteiger partial charge in [-0.05, 0) is 29.3 Å². The SMILES string of the molecule is COc1ccc2c(c1OCc1ccccc1)CC(C(=O)O)N(c1nc3ccc(C#N)cc3o1)C2. The lowest BCUT2D eigenvalue weighted by Gasteiger charge is -2.34. The van der Waals surface area contributed by atoms with Gasteiger partial charge < -0.3 is 23.9 Å². The largest absolute Gasteiger partial charge is 0.493 e. The van der Waals surface area contributed by atoms with E-state index in [0.29, 0.717) is 34.8 Å². The van der Waals surface area contributed by atoms with Gasteiger partial charge in [-0.25, -0.2) is 4.79 Å². The zero-order chi connectivity index (χ0) is 23.7. The quantitative estimate of drug-likeness (QED) is 0.458. The Morgan fingerprint density at radius 2 is 2.06 bits per heavy atom. The lowest BCUT2D eigenvalue weighted by Crippen LogP contribution is -2.46. The fraction of sp³-hybridized carbons (Fsp3) is 0.192. The van der Waals surface area contributed by atoms with Crippen molar-refractivity contribution in [1.82, 2.24) is 4.98 Å². The van der Waals surface area contributed by atoms with Gasteiger partial charge in [0, 0.05) is 24.6 Å². The molecule has 0 saturated carbocycles. The van der Waals surface area contributed by atoms with Crippen LogP contribution in [0, 0.1) is 11.3 Å². The summed E-state index contributed by atoms with van der Waals surface area (Å²) in [4.78, 5) is 18.4. The Morgan fingerprint density at radius 3 is 2.79 bits per heavy atom. The van der Waals surface area contributed by atoms with Gasteiger partial charge >= 0.3 is 5.97 Å². The molecule has 0 aliphatic carbocycles. The Morgan fingerprint density at radius 1 is 1.24 bits per heavy atom. The molecule has 0 radical (unpaired) electrons. The maximum absolute atomic E-state index is 12.3. The lowest BCUT2D eigenvalue weighted by molar-refractivity contribution is -0.138. The Hall–Kier alpha value is -4.51. The number of fused-ring (bicyclic) bond motifs is 2. The molecule has 0 saturated heterocycles. The summed E-state index contributed by atoms with van der Waals surface area (Å²) >= 11 is 0. The fourth-order valence-corrected chi connectivity index (χ4v) is 4.19. The number of anilines is 1. The van der Waals surface area contributed by atoms with E-state index in [1.54, 1.807) is 30.2 Å². The molecule has 1 aromatic heterocycles. The van der Waals surface area contributed by atoms with Gasteiger partial charge in [-0.1, -0.05) is 36.4 Å². The summed E-state index contributed by atoms with van der Waals surface area (Å²) in [5, 5.41) is 19.2. The minimum Gasteiger partial charge on any atom is -0.493 e. The predicted octanol–water partition coefficient (Wildman–Crippen LogP) is 4.30. The molecular formula is C26H21N3O5. The van der Waals surface area contributed by atoms with E-state index in [1.165, 1.54) is 0 Å². The summed E-state index contributed by atoms with van der Waals surface area (Å²) < 4.78 is 17.5. The van der Waals surface area contributed by atoms with Gasteiger partial charge in [-0.2, -0.15) is 10.2 Å². The number of benzene rings is 3. The molecule has 8 heteroatoms. The van der Waals surface area contributed by atoms with E-state index in [2.05, 4.69) is 11.1 Å². The van der Waals surface area contributed by atoms with Crippen molar-refractivity contribution in [3.05, 3.63) is 82.9 Å². The molecule has 1 unspecified atom stereocenters. The van der Waals surface area contributed by atoms with Gasteiger partial charge in [0.1, 0.15) is 18.2 Å². The van der Waals surface area contributed by atoms with Gasteiger partial charge in [0.25, 0.3) is 6.01 Å². The molecule has 170 valence electrons. The summed E-state index contributed by atoms with van der Waals surface area (Å²) in [6.45, 7) is 0.609. The Labute approximate surface area is 195 Å². The number of rotatable bonds is 6. The molecule has 1 aliphatic heterocycles. The Kier molecular flexibility index (Phi) is 5.52. The van der Waals surface area contributed by atoms with Crippen LogP contribution < -0.4 is 14.4 Å². The highest BCUT2D eigenvalue weighted by molar-refractivity contribution is 5.81. The van der Waals surface area contributed by atoms with Gasteiger partial charge in [-0.15, -0.1) is 0 Å². The van der Waals surface area contributed by atoms with Crippen LogP contribution in [0.15, 0.2) is 65.1 Å². The molecule has 0 spiro atoms. The molecule has 34 heavy (non-hydrogen) atoms. The molecule has 5 rings (SSSR count). The van der Waals surface area contributed by atoms with Gasteiger partial charge in [-0.3, -0.25) is 0 Å². The molecule has 0 bridgehead atoms. The van der Waals surface area contributed by atoms with E-state index in [4.69, 9.17) is 19.2 Å². The van der Waals surface area contributed by atoms with E-state index >= 15 is 0 Å². The Balaban J connectivity index is 1.52. The average Bonchev–Trinajstić information content (AvgIpc) is 3.30. The number of methoxy groups -OCH3 is 1. The van der Waals surface area contributed by atoms with E-state index in [1.807, 2.05) is 42.5 Å². The summed E-state index contributed by atoms with van der Waals surface area (Å²) in [5.41, 5.74) is 4.14. The molecule has 0 fully saturated rings. The smallest absolute Gasteiger partial charge is 0.326 e. The highest BCUT2D eigenvalue weighted by atomic mass is 16.5. The van der Waals surface area contributed by atoms with E-state index in [9.17, 15) is 9.90 Å². The van der Waals surface area contributed by atoms with Crippen LogP contribution in [0.5, 0.6) is 11.5 Å². The number of carbonyl (C=O) groups is 1. The van der Waals surface area contributed by atoms with E-state index in [-0.39, 0.29) is 19.0 Å². The Bertz CT molecular complexity index is 1410. The number of nitriles is 1. The number of hydrogen-bond acceptors (Lipinski definition) is 7. The first kappa shape index (κ1) is 21.3. The second kappa shape index (κ2) is 8.79. The highest BCUT2D eigenvalue weighted by Gasteiger charge is 2.36. The second-order valence-electron chi connectivity index (χ2n) is 7.99. The van der Waals surface area contributed by atoms with Crippen LogP contribution in [-0.2, 0) is 24.4 Å². The molecule has 1 atom stereocenters. The molecule has 3 aromatic carbocycles. The number of nitrogens with zero attached hydrogens (tertiary/aromatic N) is 3. The minimum atomic E-state index is -0.998. The van der Waals surface area contributed by atoms with Crippen molar-refractivity contribution in [3.8, 4) is 17.6 Å². The number of hydrogen-bond donors (Lipinski definition) is 1. The fourth-order valence-electron chi connectivity index (χ4n) is 4.19. The van der Waals surface area contributed by atoms with Crippen LogP contribution in [0.2, 0.25) is 0 Å². The number of aromatic nitrogens is 1. The third-order valence-corrected chi connectivity index (χ3v) is 5.92. The maximum atomic E-state index is 12.3. The first-order chi connectivity index (χ1) is 16.6. The minimum absolute atomic E-state index is 0.189. The maximum Gasteiger partial charge on any atom is 0.326 e. The number of oxazole rings is 1. The summed E-state index contributed by atoms with van der Waals surface area (Å²) in [7, 11) is 1.56. The van der Waals surface area contributed by atoms with Crippen molar-refractivity contribution in [2.45, 2.75) is 25.6 Å². The van der Waals surface area contributed by atoms with Gasteiger partial charge in [0.2, 0.25) is 0 Å². The molecule has 8 nitrogen and oxygen atoms in total. The molecule has 0 amide bonds. The first-order valence-corrected chi connectivity index (χ1v) is 10.7. The molecule has 1 N–H and O–H groups in total. The van der Waals surface area contributed by atoms with Crippen molar-refractivity contribution in [1.29, 1.82) is 5.26 Å². The van der Waals surface area contributed by atoms with Crippen molar-refractivity contribution in [2.24, 2.45) is 0 Å². The van der Waals surface area contributed by atoms with Crippen LogP contribution >= 0.6 is 0 Å². The van der Waals surface area contributed by atoms with Crippen LogP contribution in [-0.4, -0.2) is 29.2 Å². The summed E-state index contributed by atoms with van der Waals surface area (Å²) in [5.74, 6) is 0.103. The van der Waals surface area contributed by atoms with Crippen molar-refractivity contribution in [2.75, 3.05) is 12.0 Å².